The molecule has 1 aliphatic carbocycles. The molecule has 15 heavy (non-hydrogen) atoms. The fourth-order valence-corrected chi connectivity index (χ4v) is 3.43. The molecule has 0 saturated heterocycles. The van der Waals surface area contributed by atoms with Crippen molar-refractivity contribution in [1.82, 2.24) is 4.98 Å². The van der Waals surface area contributed by atoms with Crippen LogP contribution in [-0.4, -0.2) is 11.0 Å². The zero-order valence-corrected chi connectivity index (χ0v) is 11.6. The van der Waals surface area contributed by atoms with Gasteiger partial charge in [-0.3, -0.25) is 0 Å². The highest BCUT2D eigenvalue weighted by Crippen LogP contribution is 2.37. The molecule has 0 aromatic carbocycles. The first kappa shape index (κ1) is 11.4. The Kier molecular flexibility index (Phi) is 3.36. The Bertz CT molecular complexity index is 335. The Balaban J connectivity index is 2.04. The quantitative estimate of drug-likeness (QED) is 0.878. The van der Waals surface area contributed by atoms with E-state index in [0.717, 1.165) is 9.73 Å². The maximum absolute atomic E-state index is 4.39. The number of rotatable bonds is 2. The van der Waals surface area contributed by atoms with Crippen LogP contribution < -0.4 is 5.32 Å². The fraction of sp³-hybridized carbons (Fsp3) is 0.727. The van der Waals surface area contributed by atoms with Crippen LogP contribution in [0.2, 0.25) is 0 Å². The first-order valence-electron chi connectivity index (χ1n) is 5.45. The summed E-state index contributed by atoms with van der Waals surface area (Å²) in [4.78, 5) is 4.39. The second-order valence-electron chi connectivity index (χ2n) is 4.91. The number of nitrogens with zero attached hydrogens (tertiary/aromatic N) is 1. The van der Waals surface area contributed by atoms with Crippen molar-refractivity contribution in [3.8, 4) is 0 Å². The van der Waals surface area contributed by atoms with Crippen molar-refractivity contribution >= 4 is 32.4 Å². The van der Waals surface area contributed by atoms with E-state index in [2.05, 4.69) is 40.1 Å². The van der Waals surface area contributed by atoms with Crippen LogP contribution in [0.4, 0.5) is 5.13 Å². The monoisotopic (exact) mass is 288 g/mol. The molecule has 0 amide bonds. The zero-order chi connectivity index (χ0) is 10.9. The highest BCUT2D eigenvalue weighted by molar-refractivity contribution is 9.10. The predicted molar refractivity (Wildman–Crippen MR) is 69.5 cm³/mol. The number of hydrogen-bond donors (Lipinski definition) is 1. The van der Waals surface area contributed by atoms with E-state index in [4.69, 9.17) is 0 Å². The van der Waals surface area contributed by atoms with Crippen molar-refractivity contribution in [1.29, 1.82) is 0 Å². The molecule has 1 N–H and O–H groups in total. The highest BCUT2D eigenvalue weighted by Gasteiger charge is 2.32. The summed E-state index contributed by atoms with van der Waals surface area (Å²) in [6.07, 6.45) is 5.29. The van der Waals surface area contributed by atoms with E-state index in [9.17, 15) is 0 Å². The first-order valence-corrected chi connectivity index (χ1v) is 7.13. The molecule has 0 radical (unpaired) electrons. The Morgan fingerprint density at radius 1 is 1.53 bits per heavy atom. The normalized spacial score (nSPS) is 25.1. The molecule has 1 aromatic rings. The zero-order valence-electron chi connectivity index (χ0n) is 9.22. The van der Waals surface area contributed by atoms with Gasteiger partial charge in [0.1, 0.15) is 4.60 Å². The van der Waals surface area contributed by atoms with Crippen LogP contribution >= 0.6 is 27.3 Å². The van der Waals surface area contributed by atoms with Crippen LogP contribution in [0.3, 0.4) is 0 Å². The molecule has 1 unspecified atom stereocenters. The van der Waals surface area contributed by atoms with Gasteiger partial charge in [-0.15, -0.1) is 11.3 Å². The lowest BCUT2D eigenvalue weighted by molar-refractivity contribution is 0.217. The molecule has 1 heterocycles. The lowest BCUT2D eigenvalue weighted by atomic mass is 9.73. The molecule has 4 heteroatoms. The molecule has 0 spiro atoms. The minimum atomic E-state index is 0.399. The second kappa shape index (κ2) is 4.42. The molecular weight excluding hydrogens is 272 g/mol. The summed E-state index contributed by atoms with van der Waals surface area (Å²) in [5.74, 6) is 0. The van der Waals surface area contributed by atoms with Crippen LogP contribution in [-0.2, 0) is 0 Å². The summed E-state index contributed by atoms with van der Waals surface area (Å²) in [5.41, 5.74) is 0.399. The summed E-state index contributed by atoms with van der Waals surface area (Å²) >= 11 is 5.06. The van der Waals surface area contributed by atoms with E-state index in [1.807, 2.05) is 5.38 Å². The number of thiazole rings is 1. The molecule has 1 aromatic heterocycles. The van der Waals surface area contributed by atoms with Crippen LogP contribution in [0.15, 0.2) is 9.98 Å². The van der Waals surface area contributed by atoms with E-state index in [-0.39, 0.29) is 0 Å². The Labute approximate surface area is 104 Å². The molecular formula is C11H17BrN2S. The molecule has 1 saturated carbocycles. The molecule has 84 valence electrons. The topological polar surface area (TPSA) is 24.9 Å². The minimum absolute atomic E-state index is 0.399. The van der Waals surface area contributed by atoms with Crippen molar-refractivity contribution in [3.05, 3.63) is 9.98 Å². The number of hydrogen-bond acceptors (Lipinski definition) is 3. The van der Waals surface area contributed by atoms with Gasteiger partial charge in [0.15, 0.2) is 5.13 Å². The van der Waals surface area contributed by atoms with Crippen LogP contribution in [0, 0.1) is 5.41 Å². The largest absolute Gasteiger partial charge is 0.358 e. The number of anilines is 1. The standard InChI is InChI=1S/C11H17BrN2S/c1-11(2)6-4-3-5-8(11)13-10-14-9(12)7-15-10/h7-8H,3-6H2,1-2H3,(H,13,14). The van der Waals surface area contributed by atoms with Crippen molar-refractivity contribution in [2.75, 3.05) is 5.32 Å². The van der Waals surface area contributed by atoms with Gasteiger partial charge in [-0.25, -0.2) is 4.98 Å². The molecule has 1 atom stereocenters. The van der Waals surface area contributed by atoms with Crippen molar-refractivity contribution in [2.24, 2.45) is 5.41 Å². The third-order valence-corrected chi connectivity index (χ3v) is 4.76. The summed E-state index contributed by atoms with van der Waals surface area (Å²) < 4.78 is 0.934. The molecule has 0 aliphatic heterocycles. The van der Waals surface area contributed by atoms with E-state index in [1.165, 1.54) is 25.7 Å². The lowest BCUT2D eigenvalue weighted by Gasteiger charge is -2.38. The van der Waals surface area contributed by atoms with Gasteiger partial charge in [0, 0.05) is 11.4 Å². The third kappa shape index (κ3) is 2.72. The highest BCUT2D eigenvalue weighted by atomic mass is 79.9. The Hall–Kier alpha value is -0.0900. The van der Waals surface area contributed by atoms with E-state index in [1.54, 1.807) is 11.3 Å². The summed E-state index contributed by atoms with van der Waals surface area (Å²) in [6.45, 7) is 4.71. The fourth-order valence-electron chi connectivity index (χ4n) is 2.23. The Morgan fingerprint density at radius 2 is 2.33 bits per heavy atom. The smallest absolute Gasteiger partial charge is 0.183 e. The molecule has 2 rings (SSSR count). The lowest BCUT2D eigenvalue weighted by Crippen LogP contribution is -2.38. The van der Waals surface area contributed by atoms with Crippen molar-refractivity contribution in [2.45, 2.75) is 45.6 Å². The third-order valence-electron chi connectivity index (χ3n) is 3.28. The van der Waals surface area contributed by atoms with Gasteiger partial charge in [-0.1, -0.05) is 26.7 Å². The summed E-state index contributed by atoms with van der Waals surface area (Å²) in [5, 5.41) is 6.64. The van der Waals surface area contributed by atoms with E-state index in [0.29, 0.717) is 11.5 Å². The summed E-state index contributed by atoms with van der Waals surface area (Å²) in [7, 11) is 0. The SMILES string of the molecule is CC1(C)CCCCC1Nc1nc(Br)cs1. The van der Waals surface area contributed by atoms with Gasteiger partial charge in [0.05, 0.1) is 0 Å². The van der Waals surface area contributed by atoms with Gasteiger partial charge in [-0.05, 0) is 34.2 Å². The number of halogens is 1. The summed E-state index contributed by atoms with van der Waals surface area (Å²) in [6, 6.07) is 0.573. The van der Waals surface area contributed by atoms with Gasteiger partial charge in [0.2, 0.25) is 0 Å². The van der Waals surface area contributed by atoms with Crippen LogP contribution in [0.1, 0.15) is 39.5 Å². The Morgan fingerprint density at radius 3 is 2.93 bits per heavy atom. The first-order chi connectivity index (χ1) is 7.08. The average Bonchev–Trinajstić information content (AvgIpc) is 2.55. The predicted octanol–water partition coefficient (Wildman–Crippen LogP) is 4.29. The number of aromatic nitrogens is 1. The van der Waals surface area contributed by atoms with Crippen molar-refractivity contribution < 1.29 is 0 Å². The van der Waals surface area contributed by atoms with Gasteiger partial charge < -0.3 is 5.32 Å². The van der Waals surface area contributed by atoms with Gasteiger partial charge in [-0.2, -0.15) is 0 Å². The number of nitrogens with one attached hydrogen (secondary N) is 1. The second-order valence-corrected chi connectivity index (χ2v) is 6.58. The van der Waals surface area contributed by atoms with E-state index < -0.39 is 0 Å². The maximum atomic E-state index is 4.39. The molecule has 2 nitrogen and oxygen atoms in total. The van der Waals surface area contributed by atoms with Gasteiger partial charge in [0.25, 0.3) is 0 Å². The van der Waals surface area contributed by atoms with Gasteiger partial charge >= 0.3 is 0 Å². The molecule has 0 bridgehead atoms. The van der Waals surface area contributed by atoms with E-state index >= 15 is 0 Å². The van der Waals surface area contributed by atoms with Crippen LogP contribution in [0.5, 0.6) is 0 Å². The van der Waals surface area contributed by atoms with Crippen LogP contribution in [0.25, 0.3) is 0 Å². The maximum Gasteiger partial charge on any atom is 0.183 e. The average molecular weight is 289 g/mol. The van der Waals surface area contributed by atoms with Crippen molar-refractivity contribution in [3.63, 3.8) is 0 Å². The molecule has 1 aliphatic rings. The molecule has 1 fully saturated rings. The minimum Gasteiger partial charge on any atom is -0.358 e.